The van der Waals surface area contributed by atoms with E-state index >= 15 is 0 Å². The molecular formula is C12H14ClNO2S. The Balaban J connectivity index is 2.64. The number of hydrogen-bond donors (Lipinski definition) is 1. The van der Waals surface area contributed by atoms with Crippen LogP contribution in [-0.2, 0) is 0 Å². The first-order valence-electron chi connectivity index (χ1n) is 5.10. The molecule has 1 aromatic carbocycles. The number of ketones is 1. The summed E-state index contributed by atoms with van der Waals surface area (Å²) in [6.07, 6.45) is 0. The summed E-state index contributed by atoms with van der Waals surface area (Å²) in [6, 6.07) is 9.09. The van der Waals surface area contributed by atoms with E-state index in [1.807, 2.05) is 32.0 Å². The molecule has 0 bridgehead atoms. The molecule has 17 heavy (non-hydrogen) atoms. The van der Waals surface area contributed by atoms with Gasteiger partial charge in [-0.1, -0.05) is 30.3 Å². The molecule has 5 heteroatoms. The molecule has 0 aliphatic carbocycles. The number of nitrogens with one attached hydrogen (secondary N) is 1. The van der Waals surface area contributed by atoms with Gasteiger partial charge in [0.2, 0.25) is 0 Å². The quantitative estimate of drug-likeness (QED) is 0.387. The molecule has 1 rings (SSSR count). The summed E-state index contributed by atoms with van der Waals surface area (Å²) in [4.78, 5) is 22.7. The summed E-state index contributed by atoms with van der Waals surface area (Å²) in [5.74, 6) is 0.348. The normalized spacial score (nSPS) is 11.0. The van der Waals surface area contributed by atoms with Crippen LogP contribution < -0.4 is 5.32 Å². The Morgan fingerprint density at radius 2 is 1.88 bits per heavy atom. The number of halogens is 1. The highest BCUT2D eigenvalue weighted by Gasteiger charge is 2.28. The van der Waals surface area contributed by atoms with E-state index in [4.69, 9.17) is 11.6 Å². The molecule has 0 aromatic heterocycles. The van der Waals surface area contributed by atoms with Gasteiger partial charge in [-0.15, -0.1) is 11.8 Å². The van der Waals surface area contributed by atoms with Gasteiger partial charge in [0.15, 0.2) is 5.78 Å². The Labute approximate surface area is 110 Å². The average molecular weight is 272 g/mol. The molecule has 0 saturated heterocycles. The van der Waals surface area contributed by atoms with Gasteiger partial charge in [-0.25, -0.2) is 0 Å². The van der Waals surface area contributed by atoms with E-state index in [-0.39, 0.29) is 5.78 Å². The molecule has 0 atom stereocenters. The van der Waals surface area contributed by atoms with E-state index in [1.165, 1.54) is 11.8 Å². The fourth-order valence-corrected chi connectivity index (χ4v) is 2.24. The van der Waals surface area contributed by atoms with Crippen molar-refractivity contribution in [3.05, 3.63) is 35.9 Å². The van der Waals surface area contributed by atoms with Gasteiger partial charge in [0.05, 0.1) is 10.6 Å². The summed E-state index contributed by atoms with van der Waals surface area (Å²) < 4.78 is -0.597. The molecule has 1 amide bonds. The maximum atomic E-state index is 12.2. The van der Waals surface area contributed by atoms with Gasteiger partial charge in [-0.3, -0.25) is 9.59 Å². The van der Waals surface area contributed by atoms with Crippen LogP contribution in [0.3, 0.4) is 0 Å². The molecule has 0 unspecified atom stereocenters. The van der Waals surface area contributed by atoms with E-state index in [0.717, 1.165) is 0 Å². The van der Waals surface area contributed by atoms with Crippen molar-refractivity contribution in [2.24, 2.45) is 0 Å². The third-order valence-electron chi connectivity index (χ3n) is 2.23. The highest BCUT2D eigenvalue weighted by Crippen LogP contribution is 2.27. The summed E-state index contributed by atoms with van der Waals surface area (Å²) in [5.41, 5.74) is 0.669. The summed E-state index contributed by atoms with van der Waals surface area (Å²) in [5, 5.41) is 1.83. The van der Waals surface area contributed by atoms with Crippen molar-refractivity contribution in [2.45, 2.75) is 18.6 Å². The van der Waals surface area contributed by atoms with Crippen molar-refractivity contribution in [3.63, 3.8) is 0 Å². The van der Waals surface area contributed by atoms with Crippen molar-refractivity contribution in [3.8, 4) is 0 Å². The molecule has 0 heterocycles. The fraction of sp³-hybridized carbons (Fsp3) is 0.333. The molecule has 3 nitrogen and oxygen atoms in total. The van der Waals surface area contributed by atoms with Crippen LogP contribution in [0.5, 0.6) is 0 Å². The number of rotatable bonds is 5. The predicted octanol–water partition coefficient (Wildman–Crippen LogP) is 3.29. The lowest BCUT2D eigenvalue weighted by molar-refractivity contribution is 0.0958. The van der Waals surface area contributed by atoms with E-state index in [0.29, 0.717) is 11.4 Å². The first kappa shape index (κ1) is 14.1. The summed E-state index contributed by atoms with van der Waals surface area (Å²) in [7, 11) is 0. The first-order valence-corrected chi connectivity index (χ1v) is 6.47. The Hall–Kier alpha value is -1.00. The van der Waals surface area contributed by atoms with Crippen LogP contribution >= 0.6 is 23.4 Å². The second kappa shape index (κ2) is 6.07. The van der Waals surface area contributed by atoms with Crippen LogP contribution in [0.2, 0.25) is 0 Å². The van der Waals surface area contributed by atoms with Gasteiger partial charge >= 0.3 is 5.37 Å². The standard InChI is InChI=1S/C12H14ClNO2S/c1-12(2,17-8-14-11(13)16)10(15)9-6-4-3-5-7-9/h3-7H,8H2,1-2H3,(H,14,16). The first-order chi connectivity index (χ1) is 7.93. The van der Waals surface area contributed by atoms with E-state index < -0.39 is 10.1 Å². The van der Waals surface area contributed by atoms with Crippen molar-refractivity contribution >= 4 is 34.5 Å². The third-order valence-corrected chi connectivity index (χ3v) is 3.56. The average Bonchev–Trinajstić information content (AvgIpc) is 2.28. The van der Waals surface area contributed by atoms with Gasteiger partial charge in [0.1, 0.15) is 0 Å². The molecule has 92 valence electrons. The van der Waals surface area contributed by atoms with Gasteiger partial charge in [-0.2, -0.15) is 0 Å². The van der Waals surface area contributed by atoms with Crippen molar-refractivity contribution < 1.29 is 9.59 Å². The predicted molar refractivity (Wildman–Crippen MR) is 71.7 cm³/mol. The minimum atomic E-state index is -0.611. The fourth-order valence-electron chi connectivity index (χ4n) is 1.28. The molecular weight excluding hydrogens is 258 g/mol. The molecule has 1 N–H and O–H groups in total. The van der Waals surface area contributed by atoms with E-state index in [9.17, 15) is 9.59 Å². The molecule has 0 fully saturated rings. The van der Waals surface area contributed by atoms with Crippen LogP contribution in [0.4, 0.5) is 4.79 Å². The maximum absolute atomic E-state index is 12.2. The smallest absolute Gasteiger partial charge is 0.314 e. The molecule has 0 saturated carbocycles. The molecule has 0 radical (unpaired) electrons. The molecule has 0 aliphatic rings. The molecule has 0 spiro atoms. The number of benzene rings is 1. The minimum absolute atomic E-state index is 0.0342. The van der Waals surface area contributed by atoms with Crippen LogP contribution in [0, 0.1) is 0 Å². The van der Waals surface area contributed by atoms with Gasteiger partial charge < -0.3 is 5.32 Å². The van der Waals surface area contributed by atoms with E-state index in [2.05, 4.69) is 5.32 Å². The van der Waals surface area contributed by atoms with E-state index in [1.54, 1.807) is 12.1 Å². The van der Waals surface area contributed by atoms with Crippen LogP contribution in [0.15, 0.2) is 30.3 Å². The summed E-state index contributed by atoms with van der Waals surface area (Å²) >= 11 is 6.50. The van der Waals surface area contributed by atoms with Crippen molar-refractivity contribution in [1.29, 1.82) is 0 Å². The monoisotopic (exact) mass is 271 g/mol. The summed E-state index contributed by atoms with van der Waals surface area (Å²) in [6.45, 7) is 3.65. The van der Waals surface area contributed by atoms with Crippen LogP contribution in [0.1, 0.15) is 24.2 Å². The van der Waals surface area contributed by atoms with Gasteiger partial charge in [-0.05, 0) is 25.4 Å². The van der Waals surface area contributed by atoms with Crippen molar-refractivity contribution in [2.75, 3.05) is 5.88 Å². The zero-order chi connectivity index (χ0) is 12.9. The van der Waals surface area contributed by atoms with Crippen molar-refractivity contribution in [1.82, 2.24) is 5.32 Å². The number of amides is 1. The van der Waals surface area contributed by atoms with Gasteiger partial charge in [0, 0.05) is 5.56 Å². The minimum Gasteiger partial charge on any atom is -0.334 e. The highest BCUT2D eigenvalue weighted by molar-refractivity contribution is 8.01. The SMILES string of the molecule is CC(C)(SCNC(=O)Cl)C(=O)c1ccccc1. The Morgan fingerprint density at radius 1 is 1.29 bits per heavy atom. The lowest BCUT2D eigenvalue weighted by atomic mass is 10.0. The number of carbonyl (C=O) groups excluding carboxylic acids is 2. The number of hydrogen-bond acceptors (Lipinski definition) is 3. The zero-order valence-electron chi connectivity index (χ0n) is 9.70. The largest absolute Gasteiger partial charge is 0.334 e. The lowest BCUT2D eigenvalue weighted by Crippen LogP contribution is -2.31. The zero-order valence-corrected chi connectivity index (χ0v) is 11.3. The Kier molecular flexibility index (Phi) is 5.02. The molecule has 0 aliphatic heterocycles. The maximum Gasteiger partial charge on any atom is 0.314 e. The number of thioether (sulfide) groups is 1. The Bertz CT molecular complexity index is 406. The molecule has 1 aromatic rings. The second-order valence-electron chi connectivity index (χ2n) is 3.94. The number of carbonyl (C=O) groups is 2. The number of Topliss-reactive ketones (excluding diaryl/α,β-unsaturated/α-hetero) is 1. The van der Waals surface area contributed by atoms with Crippen LogP contribution in [0.25, 0.3) is 0 Å². The Morgan fingerprint density at radius 3 is 2.41 bits per heavy atom. The van der Waals surface area contributed by atoms with Gasteiger partial charge in [0.25, 0.3) is 0 Å². The third kappa shape index (κ3) is 4.40. The highest BCUT2D eigenvalue weighted by atomic mass is 35.5. The topological polar surface area (TPSA) is 46.2 Å². The second-order valence-corrected chi connectivity index (χ2v) is 5.89. The lowest BCUT2D eigenvalue weighted by Gasteiger charge is -2.22. The van der Waals surface area contributed by atoms with Crippen LogP contribution in [-0.4, -0.2) is 21.8 Å².